The Hall–Kier alpha value is -4.31. The molecule has 2 aromatic carbocycles. The molecule has 0 radical (unpaired) electrons. The molecule has 0 aliphatic heterocycles. The van der Waals surface area contributed by atoms with Gasteiger partial charge in [0.15, 0.2) is 5.65 Å². The monoisotopic (exact) mass is 500 g/mol. The summed E-state index contributed by atoms with van der Waals surface area (Å²) in [7, 11) is 4.91. The third-order valence-corrected chi connectivity index (χ3v) is 7.21. The van der Waals surface area contributed by atoms with Gasteiger partial charge in [0.1, 0.15) is 16.4 Å². The van der Waals surface area contributed by atoms with Gasteiger partial charge in [-0.3, -0.25) is 9.59 Å². The summed E-state index contributed by atoms with van der Waals surface area (Å²) in [5.41, 5.74) is 6.30. The maximum absolute atomic E-state index is 13.5. The first-order chi connectivity index (χ1) is 17.5. The van der Waals surface area contributed by atoms with Crippen molar-refractivity contribution < 1.29 is 9.53 Å². The molecule has 1 unspecified atom stereocenters. The highest BCUT2D eigenvalue weighted by Gasteiger charge is 2.29. The van der Waals surface area contributed by atoms with Gasteiger partial charge in [-0.05, 0) is 16.7 Å². The molecule has 1 atom stereocenters. The van der Waals surface area contributed by atoms with Gasteiger partial charge in [-0.25, -0.2) is 9.67 Å². The number of fused-ring (bicyclic) bond motifs is 3. The highest BCUT2D eigenvalue weighted by molar-refractivity contribution is 7.19. The molecule has 0 bridgehead atoms. The van der Waals surface area contributed by atoms with E-state index in [4.69, 9.17) is 9.72 Å². The Balaban J connectivity index is 1.59. The van der Waals surface area contributed by atoms with Crippen LogP contribution in [0.2, 0.25) is 0 Å². The highest BCUT2D eigenvalue weighted by atomic mass is 32.1. The van der Waals surface area contributed by atoms with Crippen LogP contribution in [0.15, 0.2) is 70.7 Å². The summed E-state index contributed by atoms with van der Waals surface area (Å²) in [4.78, 5) is 30.9. The Bertz CT molecular complexity index is 1650. The van der Waals surface area contributed by atoms with Gasteiger partial charge in [-0.1, -0.05) is 54.6 Å². The average Bonchev–Trinajstić information content (AvgIpc) is 3.44. The number of thiazole rings is 1. The van der Waals surface area contributed by atoms with Gasteiger partial charge < -0.3 is 14.7 Å². The number of nitrogens with one attached hydrogen (secondary N) is 1. The Kier molecular flexibility index (Phi) is 6.34. The molecule has 3 aromatic heterocycles. The molecule has 5 aromatic rings. The minimum Gasteiger partial charge on any atom is -0.468 e. The van der Waals surface area contributed by atoms with Crippen LogP contribution in [0.4, 0.5) is 0 Å². The van der Waals surface area contributed by atoms with Crippen molar-refractivity contribution in [1.82, 2.24) is 24.8 Å². The molecule has 0 saturated carbocycles. The minimum atomic E-state index is -0.646. The highest BCUT2D eigenvalue weighted by Crippen LogP contribution is 2.36. The smallest absolute Gasteiger partial charge is 0.320 e. The number of rotatable bonds is 7. The number of carbonyl (C=O) groups excluding carboxylic acids is 1. The molecule has 182 valence electrons. The van der Waals surface area contributed by atoms with E-state index in [1.807, 2.05) is 61.6 Å². The van der Waals surface area contributed by atoms with Crippen LogP contribution in [0.3, 0.4) is 0 Å². The number of carbonyl (C=O) groups is 1. The number of hydrogen-bond acceptors (Lipinski definition) is 8. The normalized spacial score (nSPS) is 12.4. The molecule has 0 amide bonds. The number of aromatic nitrogens is 4. The average molecular weight is 501 g/mol. The van der Waals surface area contributed by atoms with Crippen molar-refractivity contribution in [3.8, 4) is 0 Å². The first kappa shape index (κ1) is 23.4. The lowest BCUT2D eigenvalue weighted by molar-refractivity contribution is -0.141. The second-order valence-corrected chi connectivity index (χ2v) is 9.21. The summed E-state index contributed by atoms with van der Waals surface area (Å²) in [6, 6.07) is 17.1. The zero-order chi connectivity index (χ0) is 25.2. The Morgan fingerprint density at radius 1 is 1.19 bits per heavy atom. The molecule has 9 nitrogen and oxygen atoms in total. The summed E-state index contributed by atoms with van der Waals surface area (Å²) in [5.74, 6) is -1.03. The van der Waals surface area contributed by atoms with Crippen LogP contribution in [0.1, 0.15) is 27.6 Å². The van der Waals surface area contributed by atoms with Crippen LogP contribution >= 0.6 is 11.3 Å². The molecular weight excluding hydrogens is 476 g/mol. The third-order valence-electron chi connectivity index (χ3n) is 6.07. The summed E-state index contributed by atoms with van der Waals surface area (Å²) in [5, 5.41) is 9.87. The molecule has 3 heterocycles. The standard InChI is InChI=1S/C26H24N6O3S/c1-27-28-13-17-11-7-8-12-18(17)15-32-25(33)21-19(14-29-32)22-23(31(21)2)30-24(36-22)20(26(34)35-3)16-9-5-4-6-10-16/h4-14,20,27H,15H2,1-3H3/b28-13-. The number of benzene rings is 2. The number of nitrogens with zero attached hydrogens (tertiary/aromatic N) is 5. The summed E-state index contributed by atoms with van der Waals surface area (Å²) >= 11 is 1.38. The van der Waals surface area contributed by atoms with Crippen molar-refractivity contribution in [2.24, 2.45) is 12.1 Å². The quantitative estimate of drug-likeness (QED) is 0.209. The molecule has 0 fully saturated rings. The maximum Gasteiger partial charge on any atom is 0.320 e. The summed E-state index contributed by atoms with van der Waals surface area (Å²) in [6.07, 6.45) is 3.41. The Labute approximate surface area is 210 Å². The SMILES string of the molecule is CN/N=C\c1ccccc1Cn1ncc2c3sc(C(C(=O)OC)c4ccccc4)nc3n(C)c2c1=O. The molecule has 36 heavy (non-hydrogen) atoms. The van der Waals surface area contributed by atoms with E-state index >= 15 is 0 Å². The van der Waals surface area contributed by atoms with E-state index in [2.05, 4.69) is 15.6 Å². The van der Waals surface area contributed by atoms with Crippen molar-refractivity contribution >= 4 is 44.8 Å². The number of hydrazone groups is 1. The third kappa shape index (κ3) is 4.05. The second-order valence-electron chi connectivity index (χ2n) is 8.18. The Morgan fingerprint density at radius 2 is 1.94 bits per heavy atom. The molecule has 5 rings (SSSR count). The first-order valence-electron chi connectivity index (χ1n) is 11.3. The topological polar surface area (TPSA) is 103 Å². The van der Waals surface area contributed by atoms with Gasteiger partial charge in [0.25, 0.3) is 5.56 Å². The van der Waals surface area contributed by atoms with Crippen molar-refractivity contribution in [1.29, 1.82) is 0 Å². The lowest BCUT2D eigenvalue weighted by Gasteiger charge is -2.12. The zero-order valence-electron chi connectivity index (χ0n) is 20.0. The van der Waals surface area contributed by atoms with E-state index in [9.17, 15) is 9.59 Å². The first-order valence-corrected chi connectivity index (χ1v) is 12.1. The molecule has 10 heteroatoms. The van der Waals surface area contributed by atoms with Crippen LogP contribution in [-0.2, 0) is 23.1 Å². The van der Waals surface area contributed by atoms with Crippen LogP contribution in [-0.4, -0.2) is 45.7 Å². The number of methoxy groups -OCH3 is 1. The van der Waals surface area contributed by atoms with E-state index in [-0.39, 0.29) is 11.5 Å². The fraction of sp³-hybridized carbons (Fsp3) is 0.192. The van der Waals surface area contributed by atoms with Gasteiger partial charge in [-0.2, -0.15) is 10.2 Å². The zero-order valence-corrected chi connectivity index (χ0v) is 20.8. The minimum absolute atomic E-state index is 0.213. The van der Waals surface area contributed by atoms with Crippen molar-refractivity contribution in [3.63, 3.8) is 0 Å². The van der Waals surface area contributed by atoms with Crippen LogP contribution < -0.4 is 11.0 Å². The number of ether oxygens (including phenoxy) is 1. The number of aryl methyl sites for hydroxylation is 1. The second kappa shape index (κ2) is 9.74. The predicted molar refractivity (Wildman–Crippen MR) is 141 cm³/mol. The molecule has 1 N–H and O–H groups in total. The van der Waals surface area contributed by atoms with Gasteiger partial charge in [-0.15, -0.1) is 11.3 Å². The predicted octanol–water partition coefficient (Wildman–Crippen LogP) is 3.25. The lowest BCUT2D eigenvalue weighted by atomic mass is 10.0. The van der Waals surface area contributed by atoms with Crippen LogP contribution in [0.25, 0.3) is 21.3 Å². The van der Waals surface area contributed by atoms with E-state index in [0.29, 0.717) is 28.1 Å². The van der Waals surface area contributed by atoms with E-state index < -0.39 is 5.92 Å². The lowest BCUT2D eigenvalue weighted by Crippen LogP contribution is -2.25. The van der Waals surface area contributed by atoms with Gasteiger partial charge in [0.05, 0.1) is 30.8 Å². The largest absolute Gasteiger partial charge is 0.468 e. The van der Waals surface area contributed by atoms with Crippen molar-refractivity contribution in [3.05, 3.63) is 92.8 Å². The summed E-state index contributed by atoms with van der Waals surface area (Å²) in [6.45, 7) is 0.302. The van der Waals surface area contributed by atoms with Crippen molar-refractivity contribution in [2.75, 3.05) is 14.2 Å². The van der Waals surface area contributed by atoms with Crippen molar-refractivity contribution in [2.45, 2.75) is 12.5 Å². The van der Waals surface area contributed by atoms with E-state index in [0.717, 1.165) is 21.4 Å². The molecule has 0 aliphatic rings. The summed E-state index contributed by atoms with van der Waals surface area (Å²) < 4.78 is 9.11. The van der Waals surface area contributed by atoms with Gasteiger partial charge in [0.2, 0.25) is 0 Å². The maximum atomic E-state index is 13.5. The fourth-order valence-corrected chi connectivity index (χ4v) is 5.51. The number of hydrogen-bond donors (Lipinski definition) is 1. The van der Waals surface area contributed by atoms with E-state index in [1.54, 1.807) is 24.0 Å². The van der Waals surface area contributed by atoms with Gasteiger partial charge in [0, 0.05) is 19.5 Å². The van der Waals surface area contributed by atoms with E-state index in [1.165, 1.54) is 23.1 Å². The fourth-order valence-electron chi connectivity index (χ4n) is 4.28. The number of esters is 1. The van der Waals surface area contributed by atoms with Crippen LogP contribution in [0.5, 0.6) is 0 Å². The molecule has 0 saturated heterocycles. The molecule has 0 spiro atoms. The van der Waals surface area contributed by atoms with Gasteiger partial charge >= 0.3 is 5.97 Å². The molecular formula is C26H24N6O3S. The van der Waals surface area contributed by atoms with Crippen LogP contribution in [0, 0.1) is 0 Å². The molecule has 0 aliphatic carbocycles. The Morgan fingerprint density at radius 3 is 2.69 bits per heavy atom.